The number of aliphatic hydroxyl groups excluding tert-OH is 1. The van der Waals surface area contributed by atoms with Crippen LogP contribution in [0.1, 0.15) is 11.7 Å². The SMILES string of the molecule is Cn1ncc2c(NCC(O)c3c(F)cccc3F)ncnc21. The Labute approximate surface area is 124 Å². The molecular formula is C14H13F2N5O. The van der Waals surface area contributed by atoms with Gasteiger partial charge in [0.15, 0.2) is 5.65 Å². The molecule has 0 spiro atoms. The first-order valence-corrected chi connectivity index (χ1v) is 6.56. The van der Waals surface area contributed by atoms with Crippen LogP contribution in [0.4, 0.5) is 14.6 Å². The van der Waals surface area contributed by atoms with Crippen LogP contribution in [-0.2, 0) is 7.05 Å². The second kappa shape index (κ2) is 5.64. The van der Waals surface area contributed by atoms with Crippen molar-refractivity contribution in [2.45, 2.75) is 6.10 Å². The number of nitrogens with one attached hydrogen (secondary N) is 1. The molecule has 8 heteroatoms. The van der Waals surface area contributed by atoms with Crippen LogP contribution in [0.2, 0.25) is 0 Å². The highest BCUT2D eigenvalue weighted by Gasteiger charge is 2.18. The van der Waals surface area contributed by atoms with Gasteiger partial charge in [0.1, 0.15) is 29.9 Å². The lowest BCUT2D eigenvalue weighted by atomic mass is 10.1. The third-order valence-corrected chi connectivity index (χ3v) is 3.33. The molecule has 3 rings (SSSR count). The molecule has 0 saturated heterocycles. The quantitative estimate of drug-likeness (QED) is 0.768. The van der Waals surface area contributed by atoms with Gasteiger partial charge in [0.25, 0.3) is 0 Å². The molecule has 0 bridgehead atoms. The van der Waals surface area contributed by atoms with Crippen molar-refractivity contribution >= 4 is 16.9 Å². The summed E-state index contributed by atoms with van der Waals surface area (Å²) in [7, 11) is 1.74. The number of anilines is 1. The maximum absolute atomic E-state index is 13.6. The number of aliphatic hydroxyl groups is 1. The van der Waals surface area contributed by atoms with Gasteiger partial charge in [0.05, 0.1) is 17.1 Å². The Balaban J connectivity index is 1.82. The van der Waals surface area contributed by atoms with E-state index < -0.39 is 17.7 Å². The minimum atomic E-state index is -1.34. The molecule has 6 nitrogen and oxygen atoms in total. The lowest BCUT2D eigenvalue weighted by Gasteiger charge is -2.14. The molecule has 0 aliphatic heterocycles. The zero-order valence-electron chi connectivity index (χ0n) is 11.7. The summed E-state index contributed by atoms with van der Waals surface area (Å²) in [6.45, 7) is -0.0984. The Kier molecular flexibility index (Phi) is 3.68. The maximum atomic E-state index is 13.6. The second-order valence-electron chi connectivity index (χ2n) is 4.76. The summed E-state index contributed by atoms with van der Waals surface area (Å²) in [6.07, 6.45) is 1.58. The molecule has 1 atom stereocenters. The first-order chi connectivity index (χ1) is 10.6. The van der Waals surface area contributed by atoms with E-state index >= 15 is 0 Å². The Morgan fingerprint density at radius 2 is 2.00 bits per heavy atom. The van der Waals surface area contributed by atoms with Gasteiger partial charge in [-0.15, -0.1) is 0 Å². The summed E-state index contributed by atoms with van der Waals surface area (Å²) >= 11 is 0. The lowest BCUT2D eigenvalue weighted by molar-refractivity contribution is 0.181. The minimum Gasteiger partial charge on any atom is -0.386 e. The van der Waals surface area contributed by atoms with Crippen molar-refractivity contribution < 1.29 is 13.9 Å². The third-order valence-electron chi connectivity index (χ3n) is 3.33. The molecular weight excluding hydrogens is 292 g/mol. The topological polar surface area (TPSA) is 75.9 Å². The molecule has 3 aromatic rings. The summed E-state index contributed by atoms with van der Waals surface area (Å²) in [5.41, 5.74) is 0.246. The Hall–Kier alpha value is -2.61. The van der Waals surface area contributed by atoms with Gasteiger partial charge in [-0.1, -0.05) is 6.07 Å². The van der Waals surface area contributed by atoms with Crippen LogP contribution in [0.25, 0.3) is 11.0 Å². The number of hydrogen-bond acceptors (Lipinski definition) is 5. The van der Waals surface area contributed by atoms with Crippen molar-refractivity contribution in [1.82, 2.24) is 19.7 Å². The number of aryl methyl sites for hydroxylation is 1. The first kappa shape index (κ1) is 14.3. The summed E-state index contributed by atoms with van der Waals surface area (Å²) in [6, 6.07) is 3.45. The molecule has 2 aromatic heterocycles. The second-order valence-corrected chi connectivity index (χ2v) is 4.76. The van der Waals surface area contributed by atoms with Gasteiger partial charge in [-0.05, 0) is 12.1 Å². The molecule has 0 aliphatic carbocycles. The molecule has 1 aromatic carbocycles. The normalized spacial score (nSPS) is 12.5. The van der Waals surface area contributed by atoms with Crippen molar-refractivity contribution in [1.29, 1.82) is 0 Å². The fraction of sp³-hybridized carbons (Fsp3) is 0.214. The number of halogens is 2. The molecule has 1 unspecified atom stereocenters. The molecule has 0 aliphatic rings. The highest BCUT2D eigenvalue weighted by Crippen LogP contribution is 2.23. The van der Waals surface area contributed by atoms with Gasteiger partial charge < -0.3 is 10.4 Å². The van der Waals surface area contributed by atoms with Crippen LogP contribution in [-0.4, -0.2) is 31.4 Å². The molecule has 0 fully saturated rings. The van der Waals surface area contributed by atoms with Gasteiger partial charge in [-0.3, -0.25) is 4.68 Å². The van der Waals surface area contributed by atoms with E-state index in [1.807, 2.05) is 0 Å². The summed E-state index contributed by atoms with van der Waals surface area (Å²) in [5, 5.41) is 17.6. The van der Waals surface area contributed by atoms with Crippen LogP contribution < -0.4 is 5.32 Å². The Morgan fingerprint density at radius 1 is 1.27 bits per heavy atom. The molecule has 2 heterocycles. The lowest BCUT2D eigenvalue weighted by Crippen LogP contribution is -2.16. The number of rotatable bonds is 4. The summed E-state index contributed by atoms with van der Waals surface area (Å²) < 4.78 is 28.8. The molecule has 114 valence electrons. The predicted octanol–water partition coefficient (Wildman–Crippen LogP) is 1.79. The van der Waals surface area contributed by atoms with Crippen molar-refractivity contribution in [2.75, 3.05) is 11.9 Å². The van der Waals surface area contributed by atoms with Crippen molar-refractivity contribution in [2.24, 2.45) is 7.05 Å². The van der Waals surface area contributed by atoms with Gasteiger partial charge in [0, 0.05) is 13.6 Å². The van der Waals surface area contributed by atoms with E-state index in [-0.39, 0.29) is 12.1 Å². The average Bonchev–Trinajstić information content (AvgIpc) is 2.87. The summed E-state index contributed by atoms with van der Waals surface area (Å²) in [4.78, 5) is 8.14. The van der Waals surface area contributed by atoms with E-state index in [1.165, 1.54) is 12.4 Å². The van der Waals surface area contributed by atoms with Crippen LogP contribution in [0, 0.1) is 11.6 Å². The first-order valence-electron chi connectivity index (χ1n) is 6.56. The fourth-order valence-electron chi connectivity index (χ4n) is 2.23. The monoisotopic (exact) mass is 305 g/mol. The predicted molar refractivity (Wildman–Crippen MR) is 76.1 cm³/mol. The summed E-state index contributed by atoms with van der Waals surface area (Å²) in [5.74, 6) is -1.14. The van der Waals surface area contributed by atoms with E-state index in [0.717, 1.165) is 12.1 Å². The van der Waals surface area contributed by atoms with Gasteiger partial charge >= 0.3 is 0 Å². The van der Waals surface area contributed by atoms with Crippen molar-refractivity contribution in [3.8, 4) is 0 Å². The van der Waals surface area contributed by atoms with Crippen molar-refractivity contribution in [3.63, 3.8) is 0 Å². The smallest absolute Gasteiger partial charge is 0.163 e. The van der Waals surface area contributed by atoms with Crippen LogP contribution in [0.5, 0.6) is 0 Å². The van der Waals surface area contributed by atoms with E-state index in [1.54, 1.807) is 17.9 Å². The van der Waals surface area contributed by atoms with Crippen LogP contribution in [0.3, 0.4) is 0 Å². The fourth-order valence-corrected chi connectivity index (χ4v) is 2.23. The van der Waals surface area contributed by atoms with Gasteiger partial charge in [-0.2, -0.15) is 5.10 Å². The standard InChI is InChI=1S/C14H13F2N5O/c1-21-14-8(5-20-21)13(18-7-19-14)17-6-11(22)12-9(15)3-2-4-10(12)16/h2-5,7,11,22H,6H2,1H3,(H,17,18,19). The third kappa shape index (κ3) is 2.48. The molecule has 2 N–H and O–H groups in total. The van der Waals surface area contributed by atoms with Gasteiger partial charge in [-0.25, -0.2) is 18.7 Å². The van der Waals surface area contributed by atoms with E-state index in [0.29, 0.717) is 16.9 Å². The highest BCUT2D eigenvalue weighted by molar-refractivity contribution is 5.85. The van der Waals surface area contributed by atoms with Crippen molar-refractivity contribution in [3.05, 3.63) is 47.9 Å². The van der Waals surface area contributed by atoms with Gasteiger partial charge in [0.2, 0.25) is 0 Å². The average molecular weight is 305 g/mol. The van der Waals surface area contributed by atoms with E-state index in [9.17, 15) is 13.9 Å². The maximum Gasteiger partial charge on any atom is 0.163 e. The van der Waals surface area contributed by atoms with E-state index in [4.69, 9.17) is 0 Å². The molecule has 0 amide bonds. The number of nitrogens with zero attached hydrogens (tertiary/aromatic N) is 4. The minimum absolute atomic E-state index is 0.0984. The zero-order valence-corrected chi connectivity index (χ0v) is 11.7. The van der Waals surface area contributed by atoms with Crippen LogP contribution >= 0.6 is 0 Å². The largest absolute Gasteiger partial charge is 0.386 e. The number of benzene rings is 1. The van der Waals surface area contributed by atoms with Crippen LogP contribution in [0.15, 0.2) is 30.7 Å². The molecule has 0 radical (unpaired) electrons. The highest BCUT2D eigenvalue weighted by atomic mass is 19.1. The molecule has 22 heavy (non-hydrogen) atoms. The zero-order chi connectivity index (χ0) is 15.7. The Morgan fingerprint density at radius 3 is 2.73 bits per heavy atom. The number of fused-ring (bicyclic) bond motifs is 1. The molecule has 0 saturated carbocycles. The number of aromatic nitrogens is 4. The van der Waals surface area contributed by atoms with E-state index in [2.05, 4.69) is 20.4 Å². The number of hydrogen-bond donors (Lipinski definition) is 2. The Bertz CT molecular complexity index is 800.